The molecule has 1 atom stereocenters. The summed E-state index contributed by atoms with van der Waals surface area (Å²) in [6.07, 6.45) is 1.62. The van der Waals surface area contributed by atoms with Gasteiger partial charge in [-0.2, -0.15) is 5.10 Å². The lowest BCUT2D eigenvalue weighted by atomic mass is 10.1. The number of hydrogen-bond acceptors (Lipinski definition) is 4. The SMILES string of the molecule is CCOc1ccc(C(Cn2ncccc2=O)NC)cc1. The van der Waals surface area contributed by atoms with E-state index in [1.165, 1.54) is 10.7 Å². The molecule has 1 unspecified atom stereocenters. The lowest BCUT2D eigenvalue weighted by Crippen LogP contribution is -2.29. The molecule has 0 saturated heterocycles. The van der Waals surface area contributed by atoms with Crippen molar-refractivity contribution in [1.29, 1.82) is 0 Å². The van der Waals surface area contributed by atoms with Crippen LogP contribution < -0.4 is 15.6 Å². The summed E-state index contributed by atoms with van der Waals surface area (Å²) in [6, 6.07) is 11.1. The highest BCUT2D eigenvalue weighted by Crippen LogP contribution is 2.18. The minimum absolute atomic E-state index is 0.0262. The second kappa shape index (κ2) is 6.86. The minimum atomic E-state index is -0.0984. The second-order valence-corrected chi connectivity index (χ2v) is 4.39. The third-order valence-corrected chi connectivity index (χ3v) is 3.08. The van der Waals surface area contributed by atoms with Crippen molar-refractivity contribution in [2.24, 2.45) is 0 Å². The van der Waals surface area contributed by atoms with Gasteiger partial charge in [-0.3, -0.25) is 4.79 Å². The van der Waals surface area contributed by atoms with Gasteiger partial charge in [0.1, 0.15) is 5.75 Å². The van der Waals surface area contributed by atoms with Gasteiger partial charge in [0.2, 0.25) is 0 Å². The van der Waals surface area contributed by atoms with Crippen LogP contribution in [0.4, 0.5) is 0 Å². The normalized spacial score (nSPS) is 12.1. The van der Waals surface area contributed by atoms with E-state index >= 15 is 0 Å². The lowest BCUT2D eigenvalue weighted by Gasteiger charge is -2.17. The van der Waals surface area contributed by atoms with Gasteiger partial charge in [0.05, 0.1) is 19.2 Å². The van der Waals surface area contributed by atoms with Crippen LogP contribution >= 0.6 is 0 Å². The summed E-state index contributed by atoms with van der Waals surface area (Å²) in [5, 5.41) is 7.28. The number of aromatic nitrogens is 2. The molecule has 1 aromatic carbocycles. The number of hydrogen-bond donors (Lipinski definition) is 1. The van der Waals surface area contributed by atoms with Crippen molar-refractivity contribution in [2.75, 3.05) is 13.7 Å². The van der Waals surface area contributed by atoms with Crippen molar-refractivity contribution < 1.29 is 4.74 Å². The molecule has 0 fully saturated rings. The molecule has 0 spiro atoms. The van der Waals surface area contributed by atoms with Gasteiger partial charge in [-0.25, -0.2) is 4.68 Å². The van der Waals surface area contributed by atoms with Gasteiger partial charge in [-0.1, -0.05) is 12.1 Å². The summed E-state index contributed by atoms with van der Waals surface area (Å²) in [7, 11) is 1.87. The number of rotatable bonds is 6. The number of likely N-dealkylation sites (N-methyl/N-ethyl adjacent to an activating group) is 1. The first-order valence-corrected chi connectivity index (χ1v) is 6.66. The Balaban J connectivity index is 2.16. The summed E-state index contributed by atoms with van der Waals surface area (Å²) in [5.74, 6) is 0.848. The molecule has 0 saturated carbocycles. The van der Waals surface area contributed by atoms with Gasteiger partial charge in [-0.15, -0.1) is 0 Å². The van der Waals surface area contributed by atoms with E-state index in [4.69, 9.17) is 4.74 Å². The molecule has 0 bridgehead atoms. The Hall–Kier alpha value is -2.14. The maximum absolute atomic E-state index is 11.7. The van der Waals surface area contributed by atoms with Crippen LogP contribution in [0.5, 0.6) is 5.75 Å². The zero-order chi connectivity index (χ0) is 14.4. The van der Waals surface area contributed by atoms with E-state index in [1.54, 1.807) is 12.3 Å². The predicted octanol–water partition coefficient (Wildman–Crippen LogP) is 1.60. The van der Waals surface area contributed by atoms with Gasteiger partial charge in [0.15, 0.2) is 0 Å². The van der Waals surface area contributed by atoms with Crippen LogP contribution in [0.15, 0.2) is 47.4 Å². The summed E-state index contributed by atoms with van der Waals surface area (Å²) < 4.78 is 6.88. The standard InChI is InChI=1S/C15H19N3O2/c1-3-20-13-8-6-12(7-9-13)14(16-2)11-18-15(19)5-4-10-17-18/h4-10,14,16H,3,11H2,1-2H3. The Kier molecular flexibility index (Phi) is 4.90. The van der Waals surface area contributed by atoms with E-state index in [0.29, 0.717) is 13.2 Å². The van der Waals surface area contributed by atoms with E-state index in [2.05, 4.69) is 10.4 Å². The molecule has 2 aromatic rings. The van der Waals surface area contributed by atoms with E-state index in [0.717, 1.165) is 11.3 Å². The highest BCUT2D eigenvalue weighted by molar-refractivity contribution is 5.29. The van der Waals surface area contributed by atoms with Gasteiger partial charge in [-0.05, 0) is 37.7 Å². The molecule has 5 nitrogen and oxygen atoms in total. The molecular weight excluding hydrogens is 254 g/mol. The molecule has 20 heavy (non-hydrogen) atoms. The van der Waals surface area contributed by atoms with Crippen molar-refractivity contribution in [3.05, 3.63) is 58.5 Å². The Morgan fingerprint density at radius 3 is 2.65 bits per heavy atom. The van der Waals surface area contributed by atoms with Crippen molar-refractivity contribution in [3.8, 4) is 5.75 Å². The average Bonchev–Trinajstić information content (AvgIpc) is 2.48. The molecule has 1 heterocycles. The molecule has 0 amide bonds. The third kappa shape index (κ3) is 3.45. The first-order valence-electron chi connectivity index (χ1n) is 6.66. The molecule has 0 radical (unpaired) electrons. The Morgan fingerprint density at radius 2 is 2.05 bits per heavy atom. The van der Waals surface area contributed by atoms with Gasteiger partial charge >= 0.3 is 0 Å². The van der Waals surface area contributed by atoms with Crippen LogP contribution in [0, 0.1) is 0 Å². The Bertz CT molecular complexity index is 593. The van der Waals surface area contributed by atoms with Crippen LogP contribution in [0.25, 0.3) is 0 Å². The number of benzene rings is 1. The van der Waals surface area contributed by atoms with Crippen LogP contribution in [-0.2, 0) is 6.54 Å². The van der Waals surface area contributed by atoms with Gasteiger partial charge in [0.25, 0.3) is 5.56 Å². The molecule has 2 rings (SSSR count). The van der Waals surface area contributed by atoms with Crippen molar-refractivity contribution >= 4 is 0 Å². The fraction of sp³-hybridized carbons (Fsp3) is 0.333. The van der Waals surface area contributed by atoms with Gasteiger partial charge in [0, 0.05) is 12.3 Å². The maximum Gasteiger partial charge on any atom is 0.266 e. The maximum atomic E-state index is 11.7. The van der Waals surface area contributed by atoms with E-state index in [-0.39, 0.29) is 11.6 Å². The van der Waals surface area contributed by atoms with Crippen LogP contribution in [0.3, 0.4) is 0 Å². The van der Waals surface area contributed by atoms with Crippen molar-refractivity contribution in [1.82, 2.24) is 15.1 Å². The van der Waals surface area contributed by atoms with Crippen molar-refractivity contribution in [2.45, 2.75) is 19.5 Å². The monoisotopic (exact) mass is 273 g/mol. The van der Waals surface area contributed by atoms with Crippen molar-refractivity contribution in [3.63, 3.8) is 0 Å². The molecular formula is C15H19N3O2. The minimum Gasteiger partial charge on any atom is -0.494 e. The zero-order valence-corrected chi connectivity index (χ0v) is 11.7. The Labute approximate surface area is 118 Å². The largest absolute Gasteiger partial charge is 0.494 e. The molecule has 0 aliphatic heterocycles. The number of nitrogens with zero attached hydrogens (tertiary/aromatic N) is 2. The van der Waals surface area contributed by atoms with E-state index < -0.39 is 0 Å². The fourth-order valence-electron chi connectivity index (χ4n) is 2.02. The van der Waals surface area contributed by atoms with Crippen LogP contribution in [0.2, 0.25) is 0 Å². The number of nitrogens with one attached hydrogen (secondary N) is 1. The highest BCUT2D eigenvalue weighted by atomic mass is 16.5. The van der Waals surface area contributed by atoms with E-state index in [1.807, 2.05) is 38.2 Å². The summed E-state index contributed by atoms with van der Waals surface area (Å²) in [5.41, 5.74) is 0.993. The highest BCUT2D eigenvalue weighted by Gasteiger charge is 2.11. The second-order valence-electron chi connectivity index (χ2n) is 4.39. The first kappa shape index (κ1) is 14.3. The lowest BCUT2D eigenvalue weighted by molar-refractivity contribution is 0.340. The Morgan fingerprint density at radius 1 is 1.30 bits per heavy atom. The molecule has 1 aromatic heterocycles. The van der Waals surface area contributed by atoms with E-state index in [9.17, 15) is 4.79 Å². The molecule has 106 valence electrons. The summed E-state index contributed by atoms with van der Waals surface area (Å²) in [4.78, 5) is 11.7. The molecule has 0 aliphatic carbocycles. The first-order chi connectivity index (χ1) is 9.74. The summed E-state index contributed by atoms with van der Waals surface area (Å²) >= 11 is 0. The zero-order valence-electron chi connectivity index (χ0n) is 11.7. The fourth-order valence-corrected chi connectivity index (χ4v) is 2.02. The molecule has 0 aliphatic rings. The molecule has 5 heteroatoms. The van der Waals surface area contributed by atoms with Crippen LogP contribution in [0.1, 0.15) is 18.5 Å². The van der Waals surface area contributed by atoms with Gasteiger partial charge < -0.3 is 10.1 Å². The quantitative estimate of drug-likeness (QED) is 0.868. The topological polar surface area (TPSA) is 56.2 Å². The number of ether oxygens (including phenoxy) is 1. The molecule has 1 N–H and O–H groups in total. The predicted molar refractivity (Wildman–Crippen MR) is 77.9 cm³/mol. The van der Waals surface area contributed by atoms with Crippen LogP contribution in [-0.4, -0.2) is 23.4 Å². The summed E-state index contributed by atoms with van der Waals surface area (Å²) in [6.45, 7) is 3.10. The smallest absolute Gasteiger partial charge is 0.266 e. The third-order valence-electron chi connectivity index (χ3n) is 3.08. The average molecular weight is 273 g/mol.